The van der Waals surface area contributed by atoms with Crippen molar-refractivity contribution in [1.29, 1.82) is 0 Å². The average molecular weight is 319 g/mol. The summed E-state index contributed by atoms with van der Waals surface area (Å²) < 4.78 is 6.60. The summed E-state index contributed by atoms with van der Waals surface area (Å²) in [5.41, 5.74) is 4.09. The predicted octanol–water partition coefficient (Wildman–Crippen LogP) is 4.46. The third kappa shape index (κ3) is 3.67. The quantitative estimate of drug-likeness (QED) is 0.778. The van der Waals surface area contributed by atoms with Crippen LogP contribution in [-0.2, 0) is 6.61 Å². The van der Waals surface area contributed by atoms with Crippen LogP contribution in [0.2, 0.25) is 0 Å². The first-order valence-electron chi connectivity index (χ1n) is 6.03. The minimum Gasteiger partial charge on any atom is -0.488 e. The van der Waals surface area contributed by atoms with Crippen molar-refractivity contribution in [2.24, 2.45) is 0 Å². The Kier molecular flexibility index (Phi) is 4.38. The summed E-state index contributed by atoms with van der Waals surface area (Å²) >= 11 is 3.34. The number of hydrogen-bond donors (Lipinski definition) is 0. The van der Waals surface area contributed by atoms with Gasteiger partial charge in [-0.1, -0.05) is 45.3 Å². The summed E-state index contributed by atoms with van der Waals surface area (Å²) in [4.78, 5) is 11.0. The Morgan fingerprint density at radius 1 is 1.11 bits per heavy atom. The average Bonchev–Trinajstić information content (AvgIpc) is 2.36. The van der Waals surface area contributed by atoms with Crippen molar-refractivity contribution in [3.8, 4) is 5.75 Å². The molecule has 98 valence electrons. The van der Waals surface area contributed by atoms with E-state index in [-0.39, 0.29) is 0 Å². The molecule has 0 saturated carbocycles. The van der Waals surface area contributed by atoms with Crippen LogP contribution in [0.1, 0.15) is 27.0 Å². The van der Waals surface area contributed by atoms with Gasteiger partial charge in [-0.25, -0.2) is 0 Å². The van der Waals surface area contributed by atoms with Crippen LogP contribution in [0.5, 0.6) is 5.75 Å². The zero-order chi connectivity index (χ0) is 13.8. The molecule has 0 aromatic heterocycles. The summed E-state index contributed by atoms with van der Waals surface area (Å²) in [6.07, 6.45) is 0.807. The van der Waals surface area contributed by atoms with Crippen LogP contribution in [0.4, 0.5) is 0 Å². The van der Waals surface area contributed by atoms with E-state index in [1.54, 1.807) is 12.1 Å². The lowest BCUT2D eigenvalue weighted by molar-refractivity contribution is 0.111. The molecule has 0 N–H and O–H groups in total. The summed E-state index contributed by atoms with van der Waals surface area (Å²) in [6, 6.07) is 11.7. The van der Waals surface area contributed by atoms with E-state index in [4.69, 9.17) is 4.74 Å². The van der Waals surface area contributed by atoms with Gasteiger partial charge in [-0.15, -0.1) is 0 Å². The highest BCUT2D eigenvalue weighted by atomic mass is 79.9. The van der Waals surface area contributed by atoms with Crippen molar-refractivity contribution in [3.63, 3.8) is 0 Å². The Morgan fingerprint density at radius 3 is 2.42 bits per heavy atom. The van der Waals surface area contributed by atoms with Gasteiger partial charge in [0.15, 0.2) is 6.29 Å². The maximum absolute atomic E-state index is 11.0. The van der Waals surface area contributed by atoms with Crippen LogP contribution < -0.4 is 4.74 Å². The molecule has 0 aliphatic carbocycles. The summed E-state index contributed by atoms with van der Waals surface area (Å²) in [7, 11) is 0. The SMILES string of the molecule is Cc1cc(C)cc(COc2ccc(Br)cc2C=O)c1. The van der Waals surface area contributed by atoms with E-state index in [0.29, 0.717) is 17.9 Å². The van der Waals surface area contributed by atoms with Crippen molar-refractivity contribution < 1.29 is 9.53 Å². The van der Waals surface area contributed by atoms with Gasteiger partial charge in [0.1, 0.15) is 12.4 Å². The Balaban J connectivity index is 2.16. The van der Waals surface area contributed by atoms with Crippen molar-refractivity contribution in [1.82, 2.24) is 0 Å². The van der Waals surface area contributed by atoms with Crippen molar-refractivity contribution >= 4 is 22.2 Å². The topological polar surface area (TPSA) is 26.3 Å². The van der Waals surface area contributed by atoms with Gasteiger partial charge in [0.2, 0.25) is 0 Å². The zero-order valence-electron chi connectivity index (χ0n) is 10.9. The minimum absolute atomic E-state index is 0.463. The molecule has 0 spiro atoms. The van der Waals surface area contributed by atoms with Crippen LogP contribution in [0.3, 0.4) is 0 Å². The first-order chi connectivity index (χ1) is 9.08. The fourth-order valence-electron chi connectivity index (χ4n) is 2.06. The number of ether oxygens (including phenoxy) is 1. The maximum atomic E-state index is 11.0. The third-order valence-electron chi connectivity index (χ3n) is 2.77. The molecule has 0 heterocycles. The molecule has 0 unspecified atom stereocenters. The molecule has 0 aliphatic heterocycles. The fourth-order valence-corrected chi connectivity index (χ4v) is 2.44. The Morgan fingerprint density at radius 2 is 1.79 bits per heavy atom. The van der Waals surface area contributed by atoms with Crippen molar-refractivity contribution in [2.45, 2.75) is 20.5 Å². The number of aryl methyl sites for hydroxylation is 2. The van der Waals surface area contributed by atoms with Gasteiger partial charge < -0.3 is 4.74 Å². The van der Waals surface area contributed by atoms with Crippen LogP contribution in [0, 0.1) is 13.8 Å². The molecule has 0 atom stereocenters. The predicted molar refractivity (Wildman–Crippen MR) is 79.8 cm³/mol. The molecule has 2 aromatic rings. The highest BCUT2D eigenvalue weighted by molar-refractivity contribution is 9.10. The minimum atomic E-state index is 0.463. The molecule has 3 heteroatoms. The van der Waals surface area contributed by atoms with Gasteiger partial charge in [-0.3, -0.25) is 4.79 Å². The number of benzene rings is 2. The Hall–Kier alpha value is -1.61. The van der Waals surface area contributed by atoms with E-state index in [2.05, 4.69) is 48.0 Å². The van der Waals surface area contributed by atoms with Crippen molar-refractivity contribution in [2.75, 3.05) is 0 Å². The number of halogens is 1. The lowest BCUT2D eigenvalue weighted by atomic mass is 10.1. The molecule has 0 amide bonds. The number of carbonyl (C=O) groups is 1. The molecule has 0 bridgehead atoms. The second-order valence-corrected chi connectivity index (χ2v) is 5.50. The molecule has 0 fully saturated rings. The van der Waals surface area contributed by atoms with E-state index in [9.17, 15) is 4.79 Å². The van der Waals surface area contributed by atoms with Gasteiger partial charge in [-0.05, 0) is 37.6 Å². The molecule has 0 aliphatic rings. The van der Waals surface area contributed by atoms with Gasteiger partial charge >= 0.3 is 0 Å². The molecule has 2 rings (SSSR count). The van der Waals surface area contributed by atoms with E-state index in [1.165, 1.54) is 11.1 Å². The van der Waals surface area contributed by atoms with E-state index >= 15 is 0 Å². The number of aldehydes is 1. The number of hydrogen-bond acceptors (Lipinski definition) is 2. The third-order valence-corrected chi connectivity index (χ3v) is 3.27. The van der Waals surface area contributed by atoms with Gasteiger partial charge in [-0.2, -0.15) is 0 Å². The second kappa shape index (κ2) is 6.02. The van der Waals surface area contributed by atoms with Crippen LogP contribution in [0.15, 0.2) is 40.9 Å². The molecule has 0 saturated heterocycles. The summed E-state index contributed by atoms with van der Waals surface area (Å²) in [5.74, 6) is 0.609. The van der Waals surface area contributed by atoms with Crippen LogP contribution >= 0.6 is 15.9 Å². The Bertz CT molecular complexity index is 585. The van der Waals surface area contributed by atoms with Crippen LogP contribution in [-0.4, -0.2) is 6.29 Å². The lowest BCUT2D eigenvalue weighted by Gasteiger charge is -2.10. The smallest absolute Gasteiger partial charge is 0.153 e. The molecule has 2 nitrogen and oxygen atoms in total. The van der Waals surface area contributed by atoms with E-state index in [1.807, 2.05) is 6.07 Å². The monoisotopic (exact) mass is 318 g/mol. The lowest BCUT2D eigenvalue weighted by Crippen LogP contribution is -1.99. The first kappa shape index (κ1) is 13.8. The standard InChI is InChI=1S/C16H15BrO2/c1-11-5-12(2)7-13(6-11)10-19-16-4-3-15(17)8-14(16)9-18/h3-9H,10H2,1-2H3. The number of rotatable bonds is 4. The van der Waals surface area contributed by atoms with Gasteiger partial charge in [0.25, 0.3) is 0 Å². The molecule has 2 aromatic carbocycles. The summed E-state index contributed by atoms with van der Waals surface area (Å²) in [5, 5.41) is 0. The fraction of sp³-hybridized carbons (Fsp3) is 0.188. The molecule has 0 radical (unpaired) electrons. The maximum Gasteiger partial charge on any atom is 0.153 e. The van der Waals surface area contributed by atoms with Gasteiger partial charge in [0, 0.05) is 4.47 Å². The molecular formula is C16H15BrO2. The first-order valence-corrected chi connectivity index (χ1v) is 6.82. The number of carbonyl (C=O) groups excluding carboxylic acids is 1. The highest BCUT2D eigenvalue weighted by Crippen LogP contribution is 2.23. The second-order valence-electron chi connectivity index (χ2n) is 4.58. The summed E-state index contributed by atoms with van der Waals surface area (Å²) in [6.45, 7) is 4.59. The van der Waals surface area contributed by atoms with E-state index in [0.717, 1.165) is 16.3 Å². The Labute approximate surface area is 121 Å². The largest absolute Gasteiger partial charge is 0.488 e. The normalized spacial score (nSPS) is 10.3. The van der Waals surface area contributed by atoms with Gasteiger partial charge in [0.05, 0.1) is 5.56 Å². The zero-order valence-corrected chi connectivity index (χ0v) is 12.5. The van der Waals surface area contributed by atoms with Crippen LogP contribution in [0.25, 0.3) is 0 Å². The highest BCUT2D eigenvalue weighted by Gasteiger charge is 2.04. The molecule has 19 heavy (non-hydrogen) atoms. The molecular weight excluding hydrogens is 304 g/mol. The van der Waals surface area contributed by atoms with Crippen molar-refractivity contribution in [3.05, 3.63) is 63.1 Å². The van der Waals surface area contributed by atoms with E-state index < -0.39 is 0 Å².